The molecule has 2 aliphatic rings. The van der Waals surface area contributed by atoms with Crippen molar-refractivity contribution >= 4 is 11.7 Å². The van der Waals surface area contributed by atoms with Gasteiger partial charge in [-0.15, -0.1) is 0 Å². The highest BCUT2D eigenvalue weighted by Gasteiger charge is 2.36. The van der Waals surface area contributed by atoms with Gasteiger partial charge in [0.25, 0.3) is 5.91 Å². The number of likely N-dealkylation sites (tertiary alicyclic amines) is 2. The number of pyridine rings is 1. The van der Waals surface area contributed by atoms with Crippen molar-refractivity contribution < 1.29 is 4.79 Å². The Labute approximate surface area is 125 Å². The molecule has 0 aromatic carbocycles. The standard InChI is InChI=1S/C15H23N5O/c1-19-8-3-4-11-10-20(9-6-13(11)19)15(21)12-5-2-7-17-14(12)18-16/h2,5,7,11,13H,3-4,6,8-10,16H2,1H3,(H,17,18). The molecule has 2 atom stereocenters. The summed E-state index contributed by atoms with van der Waals surface area (Å²) in [5.74, 6) is 6.52. The highest BCUT2D eigenvalue weighted by atomic mass is 16.2. The van der Waals surface area contributed by atoms with Crippen LogP contribution < -0.4 is 11.3 Å². The quantitative estimate of drug-likeness (QED) is 0.625. The number of hydrogen-bond acceptors (Lipinski definition) is 5. The number of anilines is 1. The van der Waals surface area contributed by atoms with Crippen LogP contribution in [0, 0.1) is 5.92 Å². The minimum atomic E-state index is 0.0303. The summed E-state index contributed by atoms with van der Waals surface area (Å²) in [6, 6.07) is 4.18. The minimum absolute atomic E-state index is 0.0303. The molecule has 1 amide bonds. The van der Waals surface area contributed by atoms with E-state index in [4.69, 9.17) is 5.84 Å². The van der Waals surface area contributed by atoms with Gasteiger partial charge in [0.15, 0.2) is 5.82 Å². The molecule has 0 radical (unpaired) electrons. The van der Waals surface area contributed by atoms with Gasteiger partial charge in [-0.25, -0.2) is 10.8 Å². The van der Waals surface area contributed by atoms with Crippen molar-refractivity contribution in [1.29, 1.82) is 0 Å². The Balaban J connectivity index is 1.74. The summed E-state index contributed by atoms with van der Waals surface area (Å²) in [6.07, 6.45) is 5.13. The third-order valence-electron chi connectivity index (χ3n) is 4.81. The van der Waals surface area contributed by atoms with Crippen LogP contribution in [0.1, 0.15) is 29.6 Å². The lowest BCUT2D eigenvalue weighted by molar-refractivity contribution is 0.0317. The predicted octanol–water partition coefficient (Wildman–Crippen LogP) is 0.924. The van der Waals surface area contributed by atoms with Gasteiger partial charge < -0.3 is 15.2 Å². The van der Waals surface area contributed by atoms with Gasteiger partial charge in [-0.3, -0.25) is 4.79 Å². The average Bonchev–Trinajstić information content (AvgIpc) is 2.54. The number of aromatic nitrogens is 1. The van der Waals surface area contributed by atoms with Gasteiger partial charge in [0.05, 0.1) is 5.56 Å². The fourth-order valence-corrected chi connectivity index (χ4v) is 3.70. The molecule has 114 valence electrons. The summed E-state index contributed by atoms with van der Waals surface area (Å²) in [7, 11) is 2.20. The number of fused-ring (bicyclic) bond motifs is 1. The predicted molar refractivity (Wildman–Crippen MR) is 81.7 cm³/mol. The highest BCUT2D eigenvalue weighted by molar-refractivity contribution is 5.98. The minimum Gasteiger partial charge on any atom is -0.338 e. The fourth-order valence-electron chi connectivity index (χ4n) is 3.70. The monoisotopic (exact) mass is 289 g/mol. The summed E-state index contributed by atoms with van der Waals surface area (Å²) in [4.78, 5) is 21.2. The van der Waals surface area contributed by atoms with E-state index < -0.39 is 0 Å². The van der Waals surface area contributed by atoms with Crippen LogP contribution in [-0.2, 0) is 0 Å². The van der Waals surface area contributed by atoms with E-state index >= 15 is 0 Å². The van der Waals surface area contributed by atoms with Crippen LogP contribution in [0.15, 0.2) is 18.3 Å². The number of carbonyl (C=O) groups is 1. The summed E-state index contributed by atoms with van der Waals surface area (Å²) in [5, 5.41) is 0. The van der Waals surface area contributed by atoms with Gasteiger partial charge in [0.2, 0.25) is 0 Å². The largest absolute Gasteiger partial charge is 0.338 e. The van der Waals surface area contributed by atoms with Gasteiger partial charge >= 0.3 is 0 Å². The average molecular weight is 289 g/mol. The van der Waals surface area contributed by atoms with E-state index in [1.54, 1.807) is 18.3 Å². The summed E-state index contributed by atoms with van der Waals surface area (Å²) in [5.41, 5.74) is 3.07. The zero-order valence-electron chi connectivity index (χ0n) is 12.5. The van der Waals surface area contributed by atoms with Crippen LogP contribution in [0.2, 0.25) is 0 Å². The SMILES string of the molecule is CN1CCCC2CN(C(=O)c3cccnc3NN)CCC21. The second kappa shape index (κ2) is 5.99. The first-order valence-electron chi connectivity index (χ1n) is 7.62. The van der Waals surface area contributed by atoms with E-state index in [0.717, 1.165) is 19.5 Å². The summed E-state index contributed by atoms with van der Waals surface area (Å²) < 4.78 is 0. The zero-order valence-corrected chi connectivity index (χ0v) is 12.5. The second-order valence-electron chi connectivity index (χ2n) is 6.03. The molecule has 3 rings (SSSR count). The molecule has 0 saturated carbocycles. The maximum atomic E-state index is 12.7. The van der Waals surface area contributed by atoms with Gasteiger partial charge in [-0.2, -0.15) is 0 Å². The molecule has 6 nitrogen and oxygen atoms in total. The number of rotatable bonds is 2. The van der Waals surface area contributed by atoms with E-state index in [2.05, 4.69) is 22.4 Å². The van der Waals surface area contributed by atoms with Crippen LogP contribution >= 0.6 is 0 Å². The lowest BCUT2D eigenvalue weighted by Crippen LogP contribution is -2.54. The Morgan fingerprint density at radius 1 is 1.43 bits per heavy atom. The Morgan fingerprint density at radius 3 is 3.10 bits per heavy atom. The number of nitrogen functional groups attached to an aromatic ring is 1. The van der Waals surface area contributed by atoms with Crippen molar-refractivity contribution in [1.82, 2.24) is 14.8 Å². The normalized spacial score (nSPS) is 26.3. The Hall–Kier alpha value is -1.66. The lowest BCUT2D eigenvalue weighted by Gasteiger charge is -2.46. The van der Waals surface area contributed by atoms with Gasteiger partial charge in [-0.1, -0.05) is 0 Å². The van der Waals surface area contributed by atoms with Crippen molar-refractivity contribution in [2.45, 2.75) is 25.3 Å². The van der Waals surface area contributed by atoms with Crippen LogP contribution in [0.5, 0.6) is 0 Å². The molecule has 0 spiro atoms. The van der Waals surface area contributed by atoms with Gasteiger partial charge in [0, 0.05) is 25.3 Å². The van der Waals surface area contributed by atoms with Crippen LogP contribution in [-0.4, -0.2) is 53.4 Å². The molecule has 3 heterocycles. The summed E-state index contributed by atoms with van der Waals surface area (Å²) in [6.45, 7) is 2.83. The Morgan fingerprint density at radius 2 is 2.29 bits per heavy atom. The lowest BCUT2D eigenvalue weighted by atomic mass is 9.84. The van der Waals surface area contributed by atoms with Crippen LogP contribution in [0.3, 0.4) is 0 Å². The smallest absolute Gasteiger partial charge is 0.257 e. The van der Waals surface area contributed by atoms with Gasteiger partial charge in [-0.05, 0) is 50.9 Å². The first kappa shape index (κ1) is 14.3. The number of piperidine rings is 2. The number of nitrogens with two attached hydrogens (primary N) is 1. The number of nitrogens with one attached hydrogen (secondary N) is 1. The third-order valence-corrected chi connectivity index (χ3v) is 4.81. The molecule has 0 aliphatic carbocycles. The molecule has 2 fully saturated rings. The maximum absolute atomic E-state index is 12.7. The highest BCUT2D eigenvalue weighted by Crippen LogP contribution is 2.30. The Kier molecular flexibility index (Phi) is 4.07. The van der Waals surface area contributed by atoms with Crippen molar-refractivity contribution in [3.05, 3.63) is 23.9 Å². The molecule has 1 aromatic heterocycles. The van der Waals surface area contributed by atoms with Crippen molar-refractivity contribution in [2.24, 2.45) is 11.8 Å². The zero-order chi connectivity index (χ0) is 14.8. The second-order valence-corrected chi connectivity index (χ2v) is 6.03. The Bertz CT molecular complexity index is 521. The van der Waals surface area contributed by atoms with E-state index in [1.165, 1.54) is 19.4 Å². The fraction of sp³-hybridized carbons (Fsp3) is 0.600. The molecule has 3 N–H and O–H groups in total. The van der Waals surface area contributed by atoms with E-state index in [0.29, 0.717) is 23.3 Å². The van der Waals surface area contributed by atoms with Gasteiger partial charge in [0.1, 0.15) is 0 Å². The molecule has 21 heavy (non-hydrogen) atoms. The van der Waals surface area contributed by atoms with E-state index in [9.17, 15) is 4.79 Å². The summed E-state index contributed by atoms with van der Waals surface area (Å²) >= 11 is 0. The number of carbonyl (C=O) groups excluding carboxylic acids is 1. The van der Waals surface area contributed by atoms with E-state index in [1.807, 2.05) is 4.90 Å². The van der Waals surface area contributed by atoms with Crippen LogP contribution in [0.25, 0.3) is 0 Å². The molecule has 6 heteroatoms. The van der Waals surface area contributed by atoms with Crippen molar-refractivity contribution in [2.75, 3.05) is 32.1 Å². The molecular formula is C15H23N5O. The first-order valence-corrected chi connectivity index (χ1v) is 7.62. The van der Waals surface area contributed by atoms with Crippen molar-refractivity contribution in [3.8, 4) is 0 Å². The topological polar surface area (TPSA) is 74.5 Å². The molecule has 0 bridgehead atoms. The number of amides is 1. The number of hydrazine groups is 1. The van der Waals surface area contributed by atoms with E-state index in [-0.39, 0.29) is 5.91 Å². The molecular weight excluding hydrogens is 266 g/mol. The number of hydrogen-bond donors (Lipinski definition) is 2. The molecule has 2 aliphatic heterocycles. The first-order chi connectivity index (χ1) is 10.2. The third kappa shape index (κ3) is 2.73. The molecule has 2 unspecified atom stereocenters. The number of nitrogens with zero attached hydrogens (tertiary/aromatic N) is 3. The maximum Gasteiger partial charge on any atom is 0.257 e. The van der Waals surface area contributed by atoms with Crippen LogP contribution in [0.4, 0.5) is 5.82 Å². The molecule has 1 aromatic rings. The molecule has 2 saturated heterocycles. The van der Waals surface area contributed by atoms with Crippen molar-refractivity contribution in [3.63, 3.8) is 0 Å².